The first-order chi connectivity index (χ1) is 8.13. The zero-order valence-electron chi connectivity index (χ0n) is 10.4. The summed E-state index contributed by atoms with van der Waals surface area (Å²) in [5.74, 6) is 0.798. The molecule has 0 amide bonds. The summed E-state index contributed by atoms with van der Waals surface area (Å²) in [5, 5.41) is 0.619. The minimum Gasteiger partial charge on any atom is -0.483 e. The number of benzene rings is 1. The third-order valence-electron chi connectivity index (χ3n) is 2.59. The highest BCUT2D eigenvalue weighted by atomic mass is 35.5. The van der Waals surface area contributed by atoms with Crippen molar-refractivity contribution >= 4 is 17.4 Å². The fourth-order valence-corrected chi connectivity index (χ4v) is 1.74. The average Bonchev–Trinajstić information content (AvgIpc) is 2.29. The van der Waals surface area contributed by atoms with Gasteiger partial charge in [0.2, 0.25) is 0 Å². The molecule has 3 heteroatoms. The van der Waals surface area contributed by atoms with Crippen LogP contribution in [0.3, 0.4) is 0 Å². The second-order valence-corrected chi connectivity index (χ2v) is 4.58. The molecule has 0 bridgehead atoms. The second-order valence-electron chi connectivity index (χ2n) is 4.14. The molecule has 1 unspecified atom stereocenters. The van der Waals surface area contributed by atoms with Gasteiger partial charge in [0, 0.05) is 11.4 Å². The van der Waals surface area contributed by atoms with E-state index in [1.165, 1.54) is 0 Å². The number of carbonyl (C=O) groups is 1. The minimum absolute atomic E-state index is 0.151. The standard InChI is InChI=1S/C14H19ClO2/c1-3-4-5-9-14(16)11(2)17-13-8-6-7-12(15)10-13/h6-8,10-11H,3-5,9H2,1-2H3. The Hall–Kier alpha value is -1.02. The van der Waals surface area contributed by atoms with Crippen molar-refractivity contribution in [2.24, 2.45) is 0 Å². The van der Waals surface area contributed by atoms with E-state index >= 15 is 0 Å². The second kappa shape index (κ2) is 7.33. The third-order valence-corrected chi connectivity index (χ3v) is 2.82. The number of ether oxygens (including phenoxy) is 1. The van der Waals surface area contributed by atoms with E-state index in [1.54, 1.807) is 19.1 Å². The van der Waals surface area contributed by atoms with Gasteiger partial charge in [0.15, 0.2) is 11.9 Å². The van der Waals surface area contributed by atoms with Crippen molar-refractivity contribution in [1.82, 2.24) is 0 Å². The molecule has 17 heavy (non-hydrogen) atoms. The Morgan fingerprint density at radius 3 is 2.82 bits per heavy atom. The number of unbranched alkanes of at least 4 members (excludes halogenated alkanes) is 2. The average molecular weight is 255 g/mol. The molecule has 1 aromatic rings. The van der Waals surface area contributed by atoms with Crippen molar-refractivity contribution in [3.05, 3.63) is 29.3 Å². The minimum atomic E-state index is -0.398. The number of carbonyl (C=O) groups excluding carboxylic acids is 1. The van der Waals surface area contributed by atoms with Crippen molar-refractivity contribution < 1.29 is 9.53 Å². The normalized spacial score (nSPS) is 12.2. The monoisotopic (exact) mass is 254 g/mol. The van der Waals surface area contributed by atoms with Crippen molar-refractivity contribution in [1.29, 1.82) is 0 Å². The van der Waals surface area contributed by atoms with Crippen molar-refractivity contribution in [3.8, 4) is 5.75 Å². The van der Waals surface area contributed by atoms with E-state index in [-0.39, 0.29) is 5.78 Å². The van der Waals surface area contributed by atoms with Crippen LogP contribution in [0.5, 0.6) is 5.75 Å². The summed E-state index contributed by atoms with van der Waals surface area (Å²) in [4.78, 5) is 11.7. The summed E-state index contributed by atoms with van der Waals surface area (Å²) in [6.45, 7) is 3.91. The Labute approximate surface area is 108 Å². The molecule has 0 fully saturated rings. The molecule has 0 saturated heterocycles. The zero-order chi connectivity index (χ0) is 12.7. The van der Waals surface area contributed by atoms with E-state index in [0.717, 1.165) is 19.3 Å². The number of ketones is 1. The maximum Gasteiger partial charge on any atom is 0.172 e. The maximum atomic E-state index is 11.7. The number of rotatable bonds is 7. The van der Waals surface area contributed by atoms with Crippen LogP contribution in [0.4, 0.5) is 0 Å². The van der Waals surface area contributed by atoms with Crippen LogP contribution in [-0.4, -0.2) is 11.9 Å². The van der Waals surface area contributed by atoms with Gasteiger partial charge in [0.1, 0.15) is 5.75 Å². The van der Waals surface area contributed by atoms with Crippen LogP contribution < -0.4 is 4.74 Å². The molecule has 0 heterocycles. The van der Waals surface area contributed by atoms with E-state index in [0.29, 0.717) is 17.2 Å². The van der Waals surface area contributed by atoms with Crippen LogP contribution in [0.15, 0.2) is 24.3 Å². The smallest absolute Gasteiger partial charge is 0.172 e. The van der Waals surface area contributed by atoms with Gasteiger partial charge in [-0.05, 0) is 31.5 Å². The molecule has 1 atom stereocenters. The van der Waals surface area contributed by atoms with E-state index in [4.69, 9.17) is 16.3 Å². The van der Waals surface area contributed by atoms with Crippen molar-refractivity contribution in [3.63, 3.8) is 0 Å². The molecule has 0 aliphatic carbocycles. The molecule has 0 aromatic heterocycles. The van der Waals surface area contributed by atoms with Crippen molar-refractivity contribution in [2.45, 2.75) is 45.6 Å². The van der Waals surface area contributed by atoms with Gasteiger partial charge in [-0.15, -0.1) is 0 Å². The van der Waals surface area contributed by atoms with E-state index in [2.05, 4.69) is 6.92 Å². The van der Waals surface area contributed by atoms with Gasteiger partial charge in [-0.2, -0.15) is 0 Å². The van der Waals surface area contributed by atoms with Gasteiger partial charge in [0.05, 0.1) is 0 Å². The summed E-state index contributed by atoms with van der Waals surface area (Å²) in [7, 11) is 0. The zero-order valence-corrected chi connectivity index (χ0v) is 11.2. The predicted molar refractivity (Wildman–Crippen MR) is 70.7 cm³/mol. The van der Waals surface area contributed by atoms with Crippen LogP contribution in [-0.2, 0) is 4.79 Å². The number of hydrogen-bond donors (Lipinski definition) is 0. The Bertz CT molecular complexity index is 363. The van der Waals surface area contributed by atoms with E-state index < -0.39 is 6.10 Å². The molecule has 0 spiro atoms. The summed E-state index contributed by atoms with van der Waals surface area (Å²) in [6.07, 6.45) is 3.35. The molecule has 0 N–H and O–H groups in total. The van der Waals surface area contributed by atoms with Gasteiger partial charge in [0.25, 0.3) is 0 Å². The topological polar surface area (TPSA) is 26.3 Å². The van der Waals surface area contributed by atoms with Gasteiger partial charge >= 0.3 is 0 Å². The molecule has 94 valence electrons. The SMILES string of the molecule is CCCCCC(=O)C(C)Oc1cccc(Cl)c1. The molecule has 1 aromatic carbocycles. The van der Waals surface area contributed by atoms with Crippen molar-refractivity contribution in [2.75, 3.05) is 0 Å². The van der Waals surface area contributed by atoms with E-state index in [9.17, 15) is 4.79 Å². The van der Waals surface area contributed by atoms with Crippen LogP contribution >= 0.6 is 11.6 Å². The predicted octanol–water partition coefficient (Wildman–Crippen LogP) is 4.26. The van der Waals surface area contributed by atoms with E-state index in [1.807, 2.05) is 12.1 Å². The molecule has 1 rings (SSSR count). The van der Waals surface area contributed by atoms with Gasteiger partial charge in [-0.25, -0.2) is 0 Å². The van der Waals surface area contributed by atoms with Crippen LogP contribution in [0.25, 0.3) is 0 Å². The van der Waals surface area contributed by atoms with Crippen LogP contribution in [0.1, 0.15) is 39.5 Å². The number of Topliss-reactive ketones (excluding diaryl/α,β-unsaturated/α-hetero) is 1. The summed E-state index contributed by atoms with van der Waals surface area (Å²) < 4.78 is 5.55. The van der Waals surface area contributed by atoms with Crippen LogP contribution in [0, 0.1) is 0 Å². The quantitative estimate of drug-likeness (QED) is 0.680. The fourth-order valence-electron chi connectivity index (χ4n) is 1.56. The lowest BCUT2D eigenvalue weighted by Gasteiger charge is -2.13. The number of hydrogen-bond acceptors (Lipinski definition) is 2. The molecular formula is C14H19ClO2. The first kappa shape index (κ1) is 14.0. The highest BCUT2D eigenvalue weighted by molar-refractivity contribution is 6.30. The Balaban J connectivity index is 2.43. The largest absolute Gasteiger partial charge is 0.483 e. The van der Waals surface area contributed by atoms with Gasteiger partial charge in [-0.3, -0.25) is 4.79 Å². The highest BCUT2D eigenvalue weighted by Gasteiger charge is 2.13. The Morgan fingerprint density at radius 2 is 2.18 bits per heavy atom. The summed E-state index contributed by atoms with van der Waals surface area (Å²) >= 11 is 5.85. The molecule has 0 radical (unpaired) electrons. The molecule has 0 saturated carbocycles. The Morgan fingerprint density at radius 1 is 1.41 bits per heavy atom. The number of halogens is 1. The first-order valence-electron chi connectivity index (χ1n) is 6.08. The van der Waals surface area contributed by atoms with Crippen LogP contribution in [0.2, 0.25) is 5.02 Å². The third kappa shape index (κ3) is 5.22. The lowest BCUT2D eigenvalue weighted by molar-refractivity contribution is -0.125. The fraction of sp³-hybridized carbons (Fsp3) is 0.500. The highest BCUT2D eigenvalue weighted by Crippen LogP contribution is 2.19. The summed E-state index contributed by atoms with van der Waals surface area (Å²) in [5.41, 5.74) is 0. The molecule has 2 nitrogen and oxygen atoms in total. The lowest BCUT2D eigenvalue weighted by atomic mass is 10.1. The molecular weight excluding hydrogens is 236 g/mol. The first-order valence-corrected chi connectivity index (χ1v) is 6.46. The maximum absolute atomic E-state index is 11.7. The van der Waals surface area contributed by atoms with Gasteiger partial charge in [-0.1, -0.05) is 37.4 Å². The lowest BCUT2D eigenvalue weighted by Crippen LogP contribution is -2.23. The van der Waals surface area contributed by atoms with Gasteiger partial charge < -0.3 is 4.74 Å². The molecule has 0 aliphatic heterocycles. The summed E-state index contributed by atoms with van der Waals surface area (Å²) in [6, 6.07) is 7.12. The molecule has 0 aliphatic rings. The Kier molecular flexibility index (Phi) is 6.06.